The van der Waals surface area contributed by atoms with Crippen molar-refractivity contribution in [2.45, 2.75) is 61.2 Å². The fourth-order valence-corrected chi connectivity index (χ4v) is 5.88. The van der Waals surface area contributed by atoms with E-state index in [1.54, 1.807) is 8.87 Å². The van der Waals surface area contributed by atoms with E-state index in [1.807, 2.05) is 0 Å². The predicted octanol–water partition coefficient (Wildman–Crippen LogP) is 5.20. The SMILES string of the molecule is C=CCOC(=O)CCS.C=CCOC(=O)CCS.CCC[CH2][Sn][CH2]CCC. The van der Waals surface area contributed by atoms with Crippen LogP contribution in [0.15, 0.2) is 25.3 Å². The molecule has 2 radical (unpaired) electrons. The summed E-state index contributed by atoms with van der Waals surface area (Å²) in [7, 11) is 0. The van der Waals surface area contributed by atoms with Crippen LogP contribution in [0, 0.1) is 0 Å². The molecule has 0 heterocycles. The molecule has 0 amide bonds. The van der Waals surface area contributed by atoms with Gasteiger partial charge >= 0.3 is 81.5 Å². The molecule has 0 spiro atoms. The van der Waals surface area contributed by atoms with Crippen LogP contribution in [0.4, 0.5) is 0 Å². The van der Waals surface area contributed by atoms with Gasteiger partial charge in [-0.2, -0.15) is 25.3 Å². The molecule has 0 aromatic rings. The van der Waals surface area contributed by atoms with Gasteiger partial charge in [-0.25, -0.2) is 0 Å². The topological polar surface area (TPSA) is 52.6 Å². The number of carbonyl (C=O) groups is 2. The average molecular weight is 525 g/mol. The Morgan fingerprint density at radius 1 is 0.852 bits per heavy atom. The minimum atomic E-state index is -0.218. The second-order valence-corrected chi connectivity index (χ2v) is 10.5. The monoisotopic (exact) mass is 526 g/mol. The zero-order chi connectivity index (χ0) is 21.2. The number of hydrogen-bond donors (Lipinski definition) is 2. The van der Waals surface area contributed by atoms with Crippen molar-refractivity contribution >= 4 is 58.3 Å². The minimum absolute atomic E-state index is 0.149. The Bertz CT molecular complexity index is 321. The molecule has 0 aliphatic carbocycles. The van der Waals surface area contributed by atoms with Gasteiger partial charge in [0.25, 0.3) is 0 Å². The molecular weight excluding hydrogens is 487 g/mol. The second kappa shape index (κ2) is 30.6. The Balaban J connectivity index is -0.000000320. The molecule has 0 N–H and O–H groups in total. The van der Waals surface area contributed by atoms with E-state index in [0.717, 1.165) is 0 Å². The summed E-state index contributed by atoms with van der Waals surface area (Å²) in [5, 5.41) is 0. The van der Waals surface area contributed by atoms with E-state index >= 15 is 0 Å². The molecular formula is C20H38O4S2Sn. The molecule has 0 aliphatic rings. The van der Waals surface area contributed by atoms with Gasteiger partial charge in [-0.05, 0) is 0 Å². The van der Waals surface area contributed by atoms with Crippen LogP contribution in [0.2, 0.25) is 8.87 Å². The third-order valence-corrected chi connectivity index (χ3v) is 7.25. The van der Waals surface area contributed by atoms with E-state index in [-0.39, 0.29) is 33.1 Å². The molecule has 0 aromatic carbocycles. The Labute approximate surface area is 188 Å². The molecule has 7 heteroatoms. The summed E-state index contributed by atoms with van der Waals surface area (Å²) in [6.45, 7) is 12.0. The maximum atomic E-state index is 10.5. The van der Waals surface area contributed by atoms with Crippen LogP contribution < -0.4 is 0 Å². The summed E-state index contributed by atoms with van der Waals surface area (Å²) in [5.74, 6) is 0.640. The summed E-state index contributed by atoms with van der Waals surface area (Å²) in [4.78, 5) is 21.0. The van der Waals surface area contributed by atoms with Gasteiger partial charge in [0, 0.05) is 11.5 Å². The third-order valence-electron chi connectivity index (χ3n) is 2.77. The number of thiol groups is 2. The first-order valence-corrected chi connectivity index (χ1v) is 14.8. The normalized spacial score (nSPS) is 9.04. The van der Waals surface area contributed by atoms with E-state index in [2.05, 4.69) is 61.7 Å². The molecule has 0 unspecified atom stereocenters. The summed E-state index contributed by atoms with van der Waals surface area (Å²) >= 11 is 7.86. The summed E-state index contributed by atoms with van der Waals surface area (Å²) in [6.07, 6.45) is 9.66. The van der Waals surface area contributed by atoms with E-state index in [4.69, 9.17) is 0 Å². The van der Waals surface area contributed by atoms with Gasteiger partial charge in [-0.3, -0.25) is 9.59 Å². The Hall–Kier alpha value is -0.0813. The van der Waals surface area contributed by atoms with E-state index in [0.29, 0.717) is 37.6 Å². The first-order valence-electron chi connectivity index (χ1n) is 9.49. The molecule has 0 saturated carbocycles. The third kappa shape index (κ3) is 37.4. The van der Waals surface area contributed by atoms with Gasteiger partial charge < -0.3 is 9.47 Å². The number of ether oxygens (including phenoxy) is 2. The second-order valence-electron chi connectivity index (χ2n) is 5.35. The first kappa shape index (κ1) is 31.6. The molecule has 0 bridgehead atoms. The van der Waals surface area contributed by atoms with Gasteiger partial charge in [-0.1, -0.05) is 25.3 Å². The Kier molecular flexibility index (Phi) is 35.9. The molecule has 158 valence electrons. The molecule has 0 fully saturated rings. The van der Waals surface area contributed by atoms with Crippen molar-refractivity contribution in [3.63, 3.8) is 0 Å². The van der Waals surface area contributed by atoms with Crippen molar-refractivity contribution in [2.24, 2.45) is 0 Å². The number of rotatable bonds is 14. The zero-order valence-electron chi connectivity index (χ0n) is 17.1. The van der Waals surface area contributed by atoms with Crippen LogP contribution in [0.3, 0.4) is 0 Å². The number of unbranched alkanes of at least 4 members (excludes halogenated alkanes) is 2. The predicted molar refractivity (Wildman–Crippen MR) is 124 cm³/mol. The summed E-state index contributed by atoms with van der Waals surface area (Å²) < 4.78 is 12.5. The fourth-order valence-electron chi connectivity index (χ4n) is 1.36. The van der Waals surface area contributed by atoms with Gasteiger partial charge in [-0.15, -0.1) is 0 Å². The van der Waals surface area contributed by atoms with Crippen molar-refractivity contribution in [1.82, 2.24) is 0 Å². The van der Waals surface area contributed by atoms with Crippen molar-refractivity contribution < 1.29 is 19.1 Å². The van der Waals surface area contributed by atoms with Crippen LogP contribution in [0.5, 0.6) is 0 Å². The standard InChI is InChI=1S/2C6H10O2S.2C4H9.Sn/c2*1-2-4-8-6(7)3-5-9;2*1-3-4-2;/h2*2,9H,1,3-5H2;2*1,3-4H2,2H3;. The van der Waals surface area contributed by atoms with Crippen LogP contribution in [0.25, 0.3) is 0 Å². The zero-order valence-corrected chi connectivity index (χ0v) is 21.7. The van der Waals surface area contributed by atoms with Crippen molar-refractivity contribution in [1.29, 1.82) is 0 Å². The average Bonchev–Trinajstić information content (AvgIpc) is 2.66. The van der Waals surface area contributed by atoms with Crippen molar-refractivity contribution in [3.05, 3.63) is 25.3 Å². The molecule has 0 aromatic heterocycles. The van der Waals surface area contributed by atoms with Gasteiger partial charge in [0.1, 0.15) is 13.2 Å². The Morgan fingerprint density at radius 3 is 1.48 bits per heavy atom. The van der Waals surface area contributed by atoms with Crippen LogP contribution in [-0.2, 0) is 19.1 Å². The molecule has 0 atom stereocenters. The van der Waals surface area contributed by atoms with Crippen LogP contribution >= 0.6 is 25.3 Å². The van der Waals surface area contributed by atoms with Crippen molar-refractivity contribution in [3.8, 4) is 0 Å². The molecule has 0 saturated heterocycles. The van der Waals surface area contributed by atoms with Gasteiger partial charge in [0.2, 0.25) is 0 Å². The molecule has 0 rings (SSSR count). The van der Waals surface area contributed by atoms with E-state index < -0.39 is 0 Å². The molecule has 4 nitrogen and oxygen atoms in total. The van der Waals surface area contributed by atoms with E-state index in [9.17, 15) is 9.59 Å². The van der Waals surface area contributed by atoms with Crippen LogP contribution in [-0.4, -0.2) is 57.8 Å². The number of hydrogen-bond acceptors (Lipinski definition) is 6. The van der Waals surface area contributed by atoms with Gasteiger partial charge in [0.15, 0.2) is 0 Å². The molecule has 27 heavy (non-hydrogen) atoms. The van der Waals surface area contributed by atoms with Crippen LogP contribution in [0.1, 0.15) is 52.4 Å². The maximum absolute atomic E-state index is 10.5. The first-order chi connectivity index (χ1) is 13.0. The number of carbonyl (C=O) groups excluding carboxylic acids is 2. The number of esters is 2. The quantitative estimate of drug-likeness (QED) is 0.108. The summed E-state index contributed by atoms with van der Waals surface area (Å²) in [6, 6.07) is 0. The van der Waals surface area contributed by atoms with Gasteiger partial charge in [0.05, 0.1) is 12.8 Å². The molecule has 0 aliphatic heterocycles. The fraction of sp³-hybridized carbons (Fsp3) is 0.700. The van der Waals surface area contributed by atoms with Crippen molar-refractivity contribution in [2.75, 3.05) is 24.7 Å². The summed E-state index contributed by atoms with van der Waals surface area (Å²) in [5.41, 5.74) is 0. The van der Waals surface area contributed by atoms with E-state index in [1.165, 1.54) is 37.8 Å². The Morgan fingerprint density at radius 2 is 1.22 bits per heavy atom.